The Balaban J connectivity index is 3.13. The fraction of sp³-hybridized carbons (Fsp3) is 0.550. The van der Waals surface area contributed by atoms with Crippen LogP contribution in [0.4, 0.5) is 26.3 Å². The first-order chi connectivity index (χ1) is 14.7. The Morgan fingerprint density at radius 1 is 1.19 bits per heavy atom. The Kier molecular flexibility index (Phi) is 6.85. The summed E-state index contributed by atoms with van der Waals surface area (Å²) in [5, 5.41) is 31.5. The van der Waals surface area contributed by atoms with E-state index in [9.17, 15) is 41.8 Å². The fourth-order valence-corrected chi connectivity index (χ4v) is 4.82. The number of nitrogens with zero attached hydrogens (tertiary/aromatic N) is 1. The number of hydrogen-bond acceptors (Lipinski definition) is 4. The molecule has 0 radical (unpaired) electrons. The molecule has 1 aliphatic rings. The number of carboxylic acids is 2. The first-order valence-electron chi connectivity index (χ1n) is 9.42. The number of piperidine rings is 1. The van der Waals surface area contributed by atoms with E-state index in [2.05, 4.69) is 5.32 Å². The normalized spacial score (nSPS) is 30.5. The second kappa shape index (κ2) is 8.61. The van der Waals surface area contributed by atoms with Crippen molar-refractivity contribution in [2.45, 2.75) is 50.9 Å². The molecular weight excluding hydrogens is 446 g/mol. The first kappa shape index (κ1) is 25.5. The quantitative estimate of drug-likeness (QED) is 0.550. The molecular formula is C20H20F6N2O4. The van der Waals surface area contributed by atoms with Gasteiger partial charge in [0, 0.05) is 23.9 Å². The number of rotatable bonds is 6. The summed E-state index contributed by atoms with van der Waals surface area (Å²) in [4.78, 5) is 24.8. The molecule has 5 atom stereocenters. The summed E-state index contributed by atoms with van der Waals surface area (Å²) in [5.41, 5.74) is -8.87. The summed E-state index contributed by atoms with van der Waals surface area (Å²) in [6.07, 6.45) is -6.78. The molecule has 0 aliphatic carbocycles. The molecule has 0 bridgehead atoms. The van der Waals surface area contributed by atoms with E-state index in [4.69, 9.17) is 5.26 Å². The van der Waals surface area contributed by atoms with Gasteiger partial charge < -0.3 is 15.5 Å². The second-order valence-electron chi connectivity index (χ2n) is 7.94. The molecule has 5 unspecified atom stereocenters. The van der Waals surface area contributed by atoms with Crippen LogP contribution in [0.3, 0.4) is 0 Å². The zero-order chi connectivity index (χ0) is 24.6. The molecule has 6 nitrogen and oxygen atoms in total. The lowest BCUT2D eigenvalue weighted by Gasteiger charge is -2.56. The van der Waals surface area contributed by atoms with Crippen LogP contribution < -0.4 is 5.32 Å². The number of carbonyl (C=O) groups is 2. The van der Waals surface area contributed by atoms with E-state index in [1.165, 1.54) is 0 Å². The highest BCUT2D eigenvalue weighted by Crippen LogP contribution is 2.59. The Morgan fingerprint density at radius 3 is 2.19 bits per heavy atom. The predicted octanol–water partition coefficient (Wildman–Crippen LogP) is 3.86. The van der Waals surface area contributed by atoms with Gasteiger partial charge in [-0.05, 0) is 32.4 Å². The van der Waals surface area contributed by atoms with Crippen LogP contribution in [0.25, 0.3) is 0 Å². The van der Waals surface area contributed by atoms with Crippen molar-refractivity contribution >= 4 is 11.9 Å². The largest absolute Gasteiger partial charge is 0.481 e. The minimum absolute atomic E-state index is 0.189. The van der Waals surface area contributed by atoms with Crippen molar-refractivity contribution in [3.05, 3.63) is 34.9 Å². The molecule has 1 heterocycles. The van der Waals surface area contributed by atoms with Crippen LogP contribution >= 0.6 is 0 Å². The lowest BCUT2D eigenvalue weighted by Crippen LogP contribution is -2.70. The number of carboxylic acid groups (broad SMARTS) is 2. The molecule has 0 amide bonds. The van der Waals surface area contributed by atoms with E-state index in [-0.39, 0.29) is 6.07 Å². The van der Waals surface area contributed by atoms with Crippen LogP contribution in [0.15, 0.2) is 12.1 Å². The highest BCUT2D eigenvalue weighted by atomic mass is 19.4. The summed E-state index contributed by atoms with van der Waals surface area (Å²) >= 11 is 0. The zero-order valence-electron chi connectivity index (χ0n) is 16.9. The number of hydrogen-bond donors (Lipinski definition) is 3. The van der Waals surface area contributed by atoms with Gasteiger partial charge in [0.1, 0.15) is 18.3 Å². The molecule has 1 saturated heterocycles. The van der Waals surface area contributed by atoms with E-state index in [1.54, 1.807) is 6.07 Å². The number of nitrogens with one attached hydrogen (secondary N) is 1. The summed E-state index contributed by atoms with van der Waals surface area (Å²) in [5.74, 6) is -9.76. The number of halogens is 6. The molecule has 32 heavy (non-hydrogen) atoms. The Morgan fingerprint density at radius 2 is 1.75 bits per heavy atom. The Hall–Kier alpha value is -2.81. The molecule has 1 aromatic rings. The summed E-state index contributed by atoms with van der Waals surface area (Å²) in [6, 6.07) is -0.989. The number of alkyl halides is 4. The molecule has 3 N–H and O–H groups in total. The third-order valence-electron chi connectivity index (χ3n) is 6.44. The molecule has 0 aromatic heterocycles. The third kappa shape index (κ3) is 3.68. The van der Waals surface area contributed by atoms with Crippen molar-refractivity contribution in [2.24, 2.45) is 10.8 Å². The smallest absolute Gasteiger partial charge is 0.419 e. The molecule has 12 heteroatoms. The van der Waals surface area contributed by atoms with Crippen LogP contribution in [0.2, 0.25) is 0 Å². The predicted molar refractivity (Wildman–Crippen MR) is 97.1 cm³/mol. The van der Waals surface area contributed by atoms with Gasteiger partial charge in [-0.3, -0.25) is 9.59 Å². The van der Waals surface area contributed by atoms with Crippen molar-refractivity contribution in [2.75, 3.05) is 6.67 Å². The SMILES string of the molecule is CC1NC(CF)C(C)(C(=O)O)C(c2c(F)ccc(F)c2C(F)(F)F)C1(CCC#N)C(=O)O. The monoisotopic (exact) mass is 466 g/mol. The maximum absolute atomic E-state index is 15.0. The van der Waals surface area contributed by atoms with Crippen LogP contribution in [0, 0.1) is 33.8 Å². The Labute approximate surface area is 178 Å². The van der Waals surface area contributed by atoms with Gasteiger partial charge in [-0.15, -0.1) is 0 Å². The number of benzene rings is 1. The van der Waals surface area contributed by atoms with Crippen LogP contribution in [-0.2, 0) is 15.8 Å². The molecule has 1 fully saturated rings. The first-order valence-corrected chi connectivity index (χ1v) is 9.42. The van der Waals surface area contributed by atoms with E-state index >= 15 is 4.39 Å². The lowest BCUT2D eigenvalue weighted by molar-refractivity contribution is -0.174. The van der Waals surface area contributed by atoms with Crippen LogP contribution in [0.5, 0.6) is 0 Å². The fourth-order valence-electron chi connectivity index (χ4n) is 4.82. The van der Waals surface area contributed by atoms with Crippen molar-refractivity contribution in [3.8, 4) is 6.07 Å². The molecule has 1 aromatic carbocycles. The van der Waals surface area contributed by atoms with Crippen LogP contribution in [-0.4, -0.2) is 40.9 Å². The summed E-state index contributed by atoms with van der Waals surface area (Å²) in [7, 11) is 0. The van der Waals surface area contributed by atoms with E-state index in [1.807, 2.05) is 0 Å². The van der Waals surface area contributed by atoms with Gasteiger partial charge in [-0.2, -0.15) is 18.4 Å². The second-order valence-corrected chi connectivity index (χ2v) is 7.94. The van der Waals surface area contributed by atoms with Gasteiger partial charge in [0.25, 0.3) is 0 Å². The van der Waals surface area contributed by atoms with Crippen molar-refractivity contribution in [3.63, 3.8) is 0 Å². The van der Waals surface area contributed by atoms with E-state index < -0.39 is 89.2 Å². The molecule has 0 saturated carbocycles. The van der Waals surface area contributed by atoms with Crippen LogP contribution in [0.1, 0.15) is 43.7 Å². The van der Waals surface area contributed by atoms with Crippen molar-refractivity contribution in [1.82, 2.24) is 5.32 Å². The highest BCUT2D eigenvalue weighted by molar-refractivity contribution is 5.84. The summed E-state index contributed by atoms with van der Waals surface area (Å²) in [6.45, 7) is 0.501. The zero-order valence-corrected chi connectivity index (χ0v) is 16.9. The molecule has 1 aliphatic heterocycles. The van der Waals surface area contributed by atoms with Gasteiger partial charge in [0.2, 0.25) is 0 Å². The average molecular weight is 466 g/mol. The molecule has 176 valence electrons. The van der Waals surface area contributed by atoms with Crippen molar-refractivity contribution in [1.29, 1.82) is 5.26 Å². The minimum atomic E-state index is -5.53. The summed E-state index contributed by atoms with van der Waals surface area (Å²) < 4.78 is 84.8. The van der Waals surface area contributed by atoms with Gasteiger partial charge in [0.15, 0.2) is 0 Å². The van der Waals surface area contributed by atoms with Gasteiger partial charge in [-0.1, -0.05) is 0 Å². The maximum atomic E-state index is 15.0. The lowest BCUT2D eigenvalue weighted by atomic mass is 9.50. The van der Waals surface area contributed by atoms with E-state index in [0.717, 1.165) is 13.8 Å². The number of nitriles is 1. The Bertz CT molecular complexity index is 963. The molecule has 0 spiro atoms. The molecule has 2 rings (SSSR count). The van der Waals surface area contributed by atoms with Crippen molar-refractivity contribution < 1.29 is 46.1 Å². The standard InChI is InChI=1S/C20H20F6N2O4/c1-9-19(17(31)32,6-3-7-27)15(18(2,16(29)30)12(8-21)28-9)13-10(22)4-5-11(23)14(13)20(24,25)26/h4-5,9,12,15,28H,3,6,8H2,1-2H3,(H,29,30)(H,31,32). The average Bonchev–Trinajstić information content (AvgIpc) is 2.68. The minimum Gasteiger partial charge on any atom is -0.481 e. The maximum Gasteiger partial charge on any atom is 0.419 e. The van der Waals surface area contributed by atoms with Gasteiger partial charge >= 0.3 is 18.1 Å². The third-order valence-corrected chi connectivity index (χ3v) is 6.44. The van der Waals surface area contributed by atoms with Gasteiger partial charge in [-0.25, -0.2) is 13.2 Å². The van der Waals surface area contributed by atoms with E-state index in [0.29, 0.717) is 6.07 Å². The highest BCUT2D eigenvalue weighted by Gasteiger charge is 2.67. The van der Waals surface area contributed by atoms with Gasteiger partial charge in [0.05, 0.1) is 28.5 Å². The number of aliphatic carboxylic acids is 2. The topological polar surface area (TPSA) is 110 Å².